The van der Waals surface area contributed by atoms with Crippen molar-refractivity contribution in [3.63, 3.8) is 0 Å². The average Bonchev–Trinajstić information content (AvgIpc) is 3.50. The van der Waals surface area contributed by atoms with Gasteiger partial charge >= 0.3 is 5.69 Å². The maximum atomic E-state index is 13.1. The lowest BCUT2D eigenvalue weighted by molar-refractivity contribution is 0.521. The quantitative estimate of drug-likeness (QED) is 0.300. The van der Waals surface area contributed by atoms with E-state index in [0.717, 1.165) is 41.5 Å². The minimum atomic E-state index is -0.107. The van der Waals surface area contributed by atoms with E-state index in [1.165, 1.54) is 6.42 Å². The van der Waals surface area contributed by atoms with Crippen molar-refractivity contribution >= 4 is 0 Å². The van der Waals surface area contributed by atoms with Gasteiger partial charge < -0.3 is 0 Å². The highest BCUT2D eigenvalue weighted by molar-refractivity contribution is 5.80. The molecule has 0 aliphatic rings. The zero-order valence-electron chi connectivity index (χ0n) is 19.7. The number of tetrazole rings is 1. The van der Waals surface area contributed by atoms with Gasteiger partial charge in [-0.3, -0.25) is 4.57 Å². The number of aromatic nitrogens is 7. The van der Waals surface area contributed by atoms with E-state index in [-0.39, 0.29) is 5.69 Å². The molecule has 0 aliphatic carbocycles. The van der Waals surface area contributed by atoms with Crippen LogP contribution >= 0.6 is 0 Å². The molecule has 0 radical (unpaired) electrons. The van der Waals surface area contributed by atoms with E-state index in [9.17, 15) is 4.79 Å². The van der Waals surface area contributed by atoms with E-state index in [4.69, 9.17) is 0 Å². The van der Waals surface area contributed by atoms with Crippen LogP contribution in [-0.4, -0.2) is 35.0 Å². The Morgan fingerprint density at radius 3 is 2.47 bits per heavy atom. The van der Waals surface area contributed by atoms with Gasteiger partial charge in [-0.15, -0.1) is 10.2 Å². The van der Waals surface area contributed by atoms with Crippen LogP contribution < -0.4 is 5.69 Å². The molecule has 34 heavy (non-hydrogen) atoms. The molecule has 8 nitrogen and oxygen atoms in total. The first-order valence-corrected chi connectivity index (χ1v) is 11.8. The summed E-state index contributed by atoms with van der Waals surface area (Å²) in [5.41, 5.74) is 3.90. The first kappa shape index (κ1) is 23.2. The molecular weight excluding hydrogens is 426 g/mol. The van der Waals surface area contributed by atoms with Crippen LogP contribution in [0.4, 0.5) is 0 Å². The number of rotatable bonds is 9. The molecule has 4 aromatic rings. The number of nitrogens with one attached hydrogen (secondary N) is 1. The Labute approximate surface area is 199 Å². The van der Waals surface area contributed by atoms with E-state index >= 15 is 0 Å². The maximum Gasteiger partial charge on any atom is 0.347 e. The van der Waals surface area contributed by atoms with Crippen molar-refractivity contribution in [3.8, 4) is 34.4 Å². The smallest absolute Gasteiger partial charge is 0.264 e. The molecular formula is C26H29N7O. The Morgan fingerprint density at radius 1 is 0.971 bits per heavy atom. The van der Waals surface area contributed by atoms with E-state index < -0.39 is 0 Å². The van der Waals surface area contributed by atoms with Gasteiger partial charge in [-0.05, 0) is 39.5 Å². The van der Waals surface area contributed by atoms with Crippen LogP contribution in [0.25, 0.3) is 22.5 Å². The summed E-state index contributed by atoms with van der Waals surface area (Å²) in [5, 5.41) is 18.8. The van der Waals surface area contributed by atoms with Crippen LogP contribution in [0.15, 0.2) is 53.3 Å². The van der Waals surface area contributed by atoms with Crippen molar-refractivity contribution in [1.29, 1.82) is 0 Å². The molecule has 0 spiro atoms. The summed E-state index contributed by atoms with van der Waals surface area (Å²) in [6, 6.07) is 16.1. The van der Waals surface area contributed by atoms with E-state index in [1.54, 1.807) is 9.25 Å². The summed E-state index contributed by atoms with van der Waals surface area (Å²) in [4.78, 5) is 13.1. The number of nitrogens with zero attached hydrogens (tertiary/aromatic N) is 6. The van der Waals surface area contributed by atoms with Crippen LogP contribution in [0.1, 0.15) is 57.3 Å². The largest absolute Gasteiger partial charge is 0.347 e. The van der Waals surface area contributed by atoms with E-state index in [0.29, 0.717) is 31.2 Å². The highest BCUT2D eigenvalue weighted by atomic mass is 16.2. The Bertz CT molecular complexity index is 1320. The number of hydrogen-bond acceptors (Lipinski definition) is 5. The summed E-state index contributed by atoms with van der Waals surface area (Å²) in [7, 11) is 0. The molecule has 174 valence electrons. The van der Waals surface area contributed by atoms with Crippen molar-refractivity contribution in [1.82, 2.24) is 35.0 Å². The molecule has 2 aromatic carbocycles. The fourth-order valence-corrected chi connectivity index (χ4v) is 3.86. The Kier molecular flexibility index (Phi) is 7.66. The third-order valence-electron chi connectivity index (χ3n) is 5.66. The monoisotopic (exact) mass is 455 g/mol. The number of benzene rings is 2. The molecule has 0 bridgehead atoms. The molecule has 0 saturated heterocycles. The van der Waals surface area contributed by atoms with E-state index in [1.807, 2.05) is 43.3 Å². The molecule has 0 amide bonds. The van der Waals surface area contributed by atoms with Crippen molar-refractivity contribution < 1.29 is 0 Å². The van der Waals surface area contributed by atoms with Crippen molar-refractivity contribution in [2.45, 2.75) is 59.0 Å². The van der Waals surface area contributed by atoms with Gasteiger partial charge in [0.25, 0.3) is 0 Å². The Morgan fingerprint density at radius 2 is 1.76 bits per heavy atom. The van der Waals surface area contributed by atoms with Gasteiger partial charge in [0, 0.05) is 18.5 Å². The number of unbranched alkanes of at least 4 members (excludes halogenated alkanes) is 3. The number of hydrogen-bond donors (Lipinski definition) is 1. The zero-order valence-corrected chi connectivity index (χ0v) is 19.7. The summed E-state index contributed by atoms with van der Waals surface area (Å²) in [6.45, 7) is 5.21. The SMILES string of the molecule is CCC#Cc1nn(CCCCCC)c(=O)n1Cc1ccc(-c2ccccc2-c2nnn[nH]2)cc1. The molecule has 0 atom stereocenters. The molecule has 0 fully saturated rings. The third kappa shape index (κ3) is 5.31. The second kappa shape index (κ2) is 11.2. The topological polar surface area (TPSA) is 94.3 Å². The highest BCUT2D eigenvalue weighted by Gasteiger charge is 2.13. The average molecular weight is 456 g/mol. The Hall–Kier alpha value is -3.99. The predicted octanol–water partition coefficient (Wildman–Crippen LogP) is 4.28. The maximum absolute atomic E-state index is 13.1. The second-order valence-electron chi connectivity index (χ2n) is 8.12. The van der Waals surface area contributed by atoms with E-state index in [2.05, 4.69) is 56.6 Å². The van der Waals surface area contributed by atoms with Gasteiger partial charge in [-0.2, -0.15) is 0 Å². The summed E-state index contributed by atoms with van der Waals surface area (Å²) >= 11 is 0. The zero-order chi connectivity index (χ0) is 23.8. The second-order valence-corrected chi connectivity index (χ2v) is 8.12. The minimum Gasteiger partial charge on any atom is -0.264 e. The van der Waals surface area contributed by atoms with Gasteiger partial charge in [0.1, 0.15) is 0 Å². The third-order valence-corrected chi connectivity index (χ3v) is 5.66. The fourth-order valence-electron chi connectivity index (χ4n) is 3.86. The summed E-state index contributed by atoms with van der Waals surface area (Å²) in [5.74, 6) is 7.26. The number of aryl methyl sites for hydroxylation is 1. The van der Waals surface area contributed by atoms with Gasteiger partial charge in [-0.1, -0.05) is 87.6 Å². The highest BCUT2D eigenvalue weighted by Crippen LogP contribution is 2.29. The lowest BCUT2D eigenvalue weighted by Crippen LogP contribution is -2.26. The van der Waals surface area contributed by atoms with Crippen LogP contribution in [0, 0.1) is 11.8 Å². The summed E-state index contributed by atoms with van der Waals surface area (Å²) in [6.07, 6.45) is 5.08. The molecule has 0 aliphatic heterocycles. The first-order chi connectivity index (χ1) is 16.7. The van der Waals surface area contributed by atoms with Gasteiger partial charge in [0.2, 0.25) is 5.82 Å². The van der Waals surface area contributed by atoms with Gasteiger partial charge in [0.15, 0.2) is 5.82 Å². The normalized spacial score (nSPS) is 10.8. The lowest BCUT2D eigenvalue weighted by atomic mass is 9.98. The van der Waals surface area contributed by atoms with Crippen molar-refractivity contribution in [2.75, 3.05) is 0 Å². The molecule has 2 aromatic heterocycles. The molecule has 0 saturated carbocycles. The molecule has 1 N–H and O–H groups in total. The molecule has 2 heterocycles. The standard InChI is InChI=1S/C26H29N7O/c1-3-5-7-10-18-33-26(34)32(24(29-33)13-6-4-2)19-20-14-16-21(17-15-20)22-11-8-9-12-23(22)25-27-30-31-28-25/h8-9,11-12,14-17H,3-5,7,10,18-19H2,1-2H3,(H,27,28,30,31). The lowest BCUT2D eigenvalue weighted by Gasteiger charge is -2.09. The molecule has 0 unspecified atom stereocenters. The number of aromatic amines is 1. The van der Waals surface area contributed by atoms with Crippen LogP contribution in [0.2, 0.25) is 0 Å². The van der Waals surface area contributed by atoms with Crippen LogP contribution in [0.5, 0.6) is 0 Å². The van der Waals surface area contributed by atoms with Crippen molar-refractivity contribution in [3.05, 3.63) is 70.4 Å². The van der Waals surface area contributed by atoms with Crippen LogP contribution in [-0.2, 0) is 13.1 Å². The summed E-state index contributed by atoms with van der Waals surface area (Å²) < 4.78 is 3.23. The van der Waals surface area contributed by atoms with Crippen LogP contribution in [0.3, 0.4) is 0 Å². The van der Waals surface area contributed by atoms with Gasteiger partial charge in [-0.25, -0.2) is 14.6 Å². The predicted molar refractivity (Wildman–Crippen MR) is 132 cm³/mol. The number of H-pyrrole nitrogens is 1. The fraction of sp³-hybridized carbons (Fsp3) is 0.346. The minimum absolute atomic E-state index is 0.107. The molecule has 4 rings (SSSR count). The van der Waals surface area contributed by atoms with Gasteiger partial charge in [0.05, 0.1) is 6.54 Å². The van der Waals surface area contributed by atoms with Crippen molar-refractivity contribution in [2.24, 2.45) is 0 Å². The Balaban J connectivity index is 1.58. The molecule has 8 heteroatoms. The first-order valence-electron chi connectivity index (χ1n) is 11.8.